The molecule has 190 valence electrons. The first-order valence-electron chi connectivity index (χ1n) is 10.8. The Morgan fingerprint density at radius 3 is 2.22 bits per heavy atom. The number of allylic oxidation sites excluding steroid dienone is 3. The summed E-state index contributed by atoms with van der Waals surface area (Å²) in [7, 11) is -9.88. The first-order valence-corrected chi connectivity index (χ1v) is 13.7. The Kier molecular flexibility index (Phi) is 6.20. The monoisotopic (exact) mass is 533 g/mol. The molecule has 0 bridgehead atoms. The van der Waals surface area contributed by atoms with Crippen molar-refractivity contribution in [3.63, 3.8) is 0 Å². The van der Waals surface area contributed by atoms with Gasteiger partial charge in [0.1, 0.15) is 10.7 Å². The van der Waals surface area contributed by atoms with E-state index >= 15 is 0 Å². The fourth-order valence-electron chi connectivity index (χ4n) is 4.69. The third-order valence-electron chi connectivity index (χ3n) is 6.31. The molecule has 0 radical (unpaired) electrons. The summed E-state index contributed by atoms with van der Waals surface area (Å²) in [6.07, 6.45) is 2.59. The molecule has 0 spiro atoms. The smallest absolute Gasteiger partial charge is 0.335 e. The first kappa shape index (κ1) is 25.8. The van der Waals surface area contributed by atoms with Gasteiger partial charge in [-0.25, -0.2) is 4.79 Å². The van der Waals surface area contributed by atoms with Crippen LogP contribution in [0.15, 0.2) is 58.0 Å². The maximum atomic E-state index is 12.3. The number of aromatic carboxylic acids is 1. The summed E-state index contributed by atoms with van der Waals surface area (Å²) in [5.41, 5.74) is 0.570. The second-order valence-corrected chi connectivity index (χ2v) is 11.7. The number of fused-ring (bicyclic) bond motifs is 2. The lowest BCUT2D eigenvalue weighted by molar-refractivity contribution is 0.0694. The highest BCUT2D eigenvalue weighted by molar-refractivity contribution is 7.91. The van der Waals surface area contributed by atoms with E-state index in [0.717, 1.165) is 11.6 Å². The maximum absolute atomic E-state index is 12.3. The van der Waals surface area contributed by atoms with Gasteiger partial charge in [-0.05, 0) is 41.7 Å². The normalized spacial score (nSPS) is 19.7. The Balaban J connectivity index is 2.16. The highest BCUT2D eigenvalue weighted by Crippen LogP contribution is 2.52. The molecule has 4 N–H and O–H groups in total. The largest absolute Gasteiger partial charge is 0.478 e. The minimum absolute atomic E-state index is 0.00421. The number of benzene rings is 2. The molecular formula is C24H23NO9S2. The molecule has 10 nitrogen and oxygen atoms in total. The molecule has 0 saturated carbocycles. The van der Waals surface area contributed by atoms with Crippen molar-refractivity contribution in [2.24, 2.45) is 5.92 Å². The van der Waals surface area contributed by atoms with Gasteiger partial charge in [-0.1, -0.05) is 44.2 Å². The molecule has 1 aliphatic carbocycles. The summed E-state index contributed by atoms with van der Waals surface area (Å²) in [5.74, 6) is -4.09. The zero-order valence-corrected chi connectivity index (χ0v) is 21.0. The first-order chi connectivity index (χ1) is 16.6. The summed E-state index contributed by atoms with van der Waals surface area (Å²) in [6, 6.07) is 7.74. The van der Waals surface area contributed by atoms with Crippen molar-refractivity contribution in [2.45, 2.75) is 37.5 Å². The van der Waals surface area contributed by atoms with Crippen molar-refractivity contribution in [3.8, 4) is 5.75 Å². The molecule has 12 heteroatoms. The fourth-order valence-corrected chi connectivity index (χ4v) is 6.34. The number of carboxylic acids is 1. The van der Waals surface area contributed by atoms with Gasteiger partial charge >= 0.3 is 5.97 Å². The predicted octanol–water partition coefficient (Wildman–Crippen LogP) is 3.89. The van der Waals surface area contributed by atoms with Crippen molar-refractivity contribution in [3.05, 3.63) is 81.0 Å². The number of nitrogens with one attached hydrogen (secondary N) is 1. The van der Waals surface area contributed by atoms with Crippen LogP contribution in [0.3, 0.4) is 0 Å². The lowest BCUT2D eigenvalue weighted by Crippen LogP contribution is -2.32. The van der Waals surface area contributed by atoms with E-state index < -0.39 is 65.1 Å². The average Bonchev–Trinajstić information content (AvgIpc) is 2.74. The zero-order valence-electron chi connectivity index (χ0n) is 19.4. The zero-order chi connectivity index (χ0) is 26.7. The topological polar surface area (TPSA) is 179 Å². The van der Waals surface area contributed by atoms with E-state index in [0.29, 0.717) is 0 Å². The SMILES string of the molecule is Cc1ccc2c(c1S(=O)(=O)O)OC1=C(S(=O)(=O)O)C(=N)C=CC1C2c1ccc(C(C)C)cc1C(=O)O. The second-order valence-electron chi connectivity index (χ2n) is 8.96. The third kappa shape index (κ3) is 4.26. The highest BCUT2D eigenvalue weighted by Gasteiger charge is 2.44. The maximum Gasteiger partial charge on any atom is 0.335 e. The highest BCUT2D eigenvalue weighted by atomic mass is 32.2. The van der Waals surface area contributed by atoms with E-state index in [9.17, 15) is 35.8 Å². The summed E-state index contributed by atoms with van der Waals surface area (Å²) >= 11 is 0. The molecule has 1 heterocycles. The van der Waals surface area contributed by atoms with Gasteiger partial charge in [-0.3, -0.25) is 14.5 Å². The number of ether oxygens (including phenoxy) is 1. The van der Waals surface area contributed by atoms with Gasteiger partial charge in [-0.15, -0.1) is 0 Å². The molecule has 2 atom stereocenters. The number of hydrogen-bond acceptors (Lipinski definition) is 7. The molecule has 2 aliphatic rings. The molecule has 2 aromatic rings. The predicted molar refractivity (Wildman–Crippen MR) is 130 cm³/mol. The van der Waals surface area contributed by atoms with Crippen LogP contribution in [-0.2, 0) is 20.2 Å². The van der Waals surface area contributed by atoms with Gasteiger partial charge in [-0.2, -0.15) is 16.8 Å². The van der Waals surface area contributed by atoms with Crippen molar-refractivity contribution in [1.29, 1.82) is 5.41 Å². The lowest BCUT2D eigenvalue weighted by Gasteiger charge is -2.38. The molecule has 0 fully saturated rings. The Morgan fingerprint density at radius 2 is 1.67 bits per heavy atom. The van der Waals surface area contributed by atoms with Gasteiger partial charge < -0.3 is 9.84 Å². The molecular weight excluding hydrogens is 510 g/mol. The molecule has 0 amide bonds. The number of rotatable bonds is 5. The van der Waals surface area contributed by atoms with Crippen LogP contribution in [0.5, 0.6) is 5.75 Å². The van der Waals surface area contributed by atoms with E-state index in [2.05, 4.69) is 0 Å². The van der Waals surface area contributed by atoms with E-state index in [-0.39, 0.29) is 28.2 Å². The summed E-state index contributed by atoms with van der Waals surface area (Å²) in [4.78, 5) is 10.8. The molecule has 36 heavy (non-hydrogen) atoms. The minimum atomic E-state index is -5.01. The summed E-state index contributed by atoms with van der Waals surface area (Å²) in [5, 5.41) is 18.1. The van der Waals surface area contributed by atoms with E-state index in [1.54, 1.807) is 12.1 Å². The quantitative estimate of drug-likeness (QED) is 0.415. The van der Waals surface area contributed by atoms with E-state index in [4.69, 9.17) is 10.1 Å². The molecule has 1 aliphatic heterocycles. The van der Waals surface area contributed by atoms with Crippen LogP contribution in [-0.4, -0.2) is 42.7 Å². The molecule has 2 unspecified atom stereocenters. The average molecular weight is 534 g/mol. The molecule has 0 saturated heterocycles. The van der Waals surface area contributed by atoms with Crippen molar-refractivity contribution < 1.29 is 40.6 Å². The molecule has 2 aromatic carbocycles. The Hall–Kier alpha value is -3.32. The van der Waals surface area contributed by atoms with Crippen molar-refractivity contribution >= 4 is 31.9 Å². The van der Waals surface area contributed by atoms with Crippen LogP contribution in [0.1, 0.15) is 58.3 Å². The number of aryl methyl sites for hydroxylation is 1. The standard InChI is InChI=1S/C24H23NO9S2/c1-11(2)13-5-7-14(17(10-13)24(26)27)19-15-6-4-12(3)22(35(28,29)30)20(15)34-21-16(19)8-9-18(25)23(21)36(31,32)33/h4-11,16,19,25H,1-3H3,(H,26,27)(H,28,29,30)(H,31,32,33). The Labute approximate surface area is 207 Å². The fraction of sp³-hybridized carbons (Fsp3) is 0.250. The van der Waals surface area contributed by atoms with Crippen LogP contribution in [0.4, 0.5) is 0 Å². The van der Waals surface area contributed by atoms with Crippen LogP contribution in [0, 0.1) is 18.3 Å². The van der Waals surface area contributed by atoms with Gasteiger partial charge in [0.05, 0.1) is 11.3 Å². The van der Waals surface area contributed by atoms with Gasteiger partial charge in [0.25, 0.3) is 20.2 Å². The van der Waals surface area contributed by atoms with Crippen molar-refractivity contribution in [2.75, 3.05) is 0 Å². The number of carboxylic acid groups (broad SMARTS) is 1. The number of carbonyl (C=O) groups is 1. The Morgan fingerprint density at radius 1 is 1.03 bits per heavy atom. The van der Waals surface area contributed by atoms with Crippen LogP contribution in [0.25, 0.3) is 0 Å². The van der Waals surface area contributed by atoms with Gasteiger partial charge in [0.2, 0.25) is 0 Å². The van der Waals surface area contributed by atoms with Crippen LogP contribution < -0.4 is 4.74 Å². The van der Waals surface area contributed by atoms with Gasteiger partial charge in [0.15, 0.2) is 10.7 Å². The van der Waals surface area contributed by atoms with Crippen LogP contribution >= 0.6 is 0 Å². The second kappa shape index (κ2) is 8.66. The summed E-state index contributed by atoms with van der Waals surface area (Å²) in [6.45, 7) is 5.18. The third-order valence-corrected chi connectivity index (χ3v) is 8.27. The van der Waals surface area contributed by atoms with Crippen LogP contribution in [0.2, 0.25) is 0 Å². The summed E-state index contributed by atoms with van der Waals surface area (Å²) < 4.78 is 74.7. The van der Waals surface area contributed by atoms with E-state index in [1.807, 2.05) is 13.8 Å². The van der Waals surface area contributed by atoms with E-state index in [1.165, 1.54) is 31.2 Å². The minimum Gasteiger partial charge on any atom is -0.478 e. The lowest BCUT2D eigenvalue weighted by atomic mass is 9.74. The van der Waals surface area contributed by atoms with Gasteiger partial charge in [0, 0.05) is 17.4 Å². The molecule has 0 aromatic heterocycles. The molecule has 4 rings (SSSR count). The Bertz CT molecular complexity index is 1600. The van der Waals surface area contributed by atoms with Crippen molar-refractivity contribution in [1.82, 2.24) is 0 Å². The number of hydrogen-bond donors (Lipinski definition) is 4.